The van der Waals surface area contributed by atoms with Crippen LogP contribution in [0.4, 0.5) is 0 Å². The van der Waals surface area contributed by atoms with Crippen LogP contribution in [0.25, 0.3) is 0 Å². The van der Waals surface area contributed by atoms with Gasteiger partial charge in [0.05, 0.1) is 18.8 Å². The molecule has 0 amide bonds. The summed E-state index contributed by atoms with van der Waals surface area (Å²) in [5, 5.41) is 7.19. The summed E-state index contributed by atoms with van der Waals surface area (Å²) in [5.74, 6) is 0. The first-order valence-electron chi connectivity index (χ1n) is 5.01. The minimum atomic E-state index is 0.301. The first-order valence-corrected chi connectivity index (χ1v) is 5.01. The summed E-state index contributed by atoms with van der Waals surface area (Å²) in [4.78, 5) is 3.90. The Hall–Kier alpha value is -0.940. The van der Waals surface area contributed by atoms with Gasteiger partial charge in [-0.15, -0.1) is 0 Å². The number of nitrogens with one attached hydrogen (secondary N) is 1. The zero-order chi connectivity index (χ0) is 9.80. The summed E-state index contributed by atoms with van der Waals surface area (Å²) in [6, 6.07) is 0. The highest BCUT2D eigenvalue weighted by molar-refractivity contribution is 4.75. The van der Waals surface area contributed by atoms with Gasteiger partial charge < -0.3 is 10.1 Å². The fourth-order valence-corrected chi connectivity index (χ4v) is 1.83. The number of hydrogen-bond donors (Lipinski definition) is 1. The van der Waals surface area contributed by atoms with E-state index >= 15 is 0 Å². The Morgan fingerprint density at radius 3 is 3.07 bits per heavy atom. The van der Waals surface area contributed by atoms with Gasteiger partial charge >= 0.3 is 0 Å². The van der Waals surface area contributed by atoms with Gasteiger partial charge in [-0.25, -0.2) is 4.98 Å². The molecule has 1 aliphatic heterocycles. The van der Waals surface area contributed by atoms with E-state index in [0.717, 1.165) is 25.9 Å². The second kappa shape index (κ2) is 4.52. The minimum Gasteiger partial charge on any atom is -0.372 e. The molecule has 1 aromatic rings. The lowest BCUT2D eigenvalue weighted by atomic mass is 10.2. The summed E-state index contributed by atoms with van der Waals surface area (Å²) < 4.78 is 7.65. The van der Waals surface area contributed by atoms with Crippen LogP contribution >= 0.6 is 0 Å². The lowest BCUT2D eigenvalue weighted by molar-refractivity contribution is 0.0351. The zero-order valence-corrected chi connectivity index (χ0v) is 8.39. The third-order valence-corrected chi connectivity index (χ3v) is 2.48. The van der Waals surface area contributed by atoms with Gasteiger partial charge in [0.25, 0.3) is 0 Å². The van der Waals surface area contributed by atoms with Gasteiger partial charge in [0.1, 0.15) is 12.7 Å². The van der Waals surface area contributed by atoms with Crippen LogP contribution in [0.2, 0.25) is 0 Å². The standard InChI is InChI=1S/C9H16N4O/c1-10-4-8-2-3-9(14-8)5-13-7-11-6-12-13/h6-10H,2-5H2,1H3. The molecule has 1 aromatic heterocycles. The molecule has 0 radical (unpaired) electrons. The second-order valence-corrected chi connectivity index (χ2v) is 3.63. The van der Waals surface area contributed by atoms with E-state index in [9.17, 15) is 0 Å². The molecular formula is C9H16N4O. The molecule has 5 nitrogen and oxygen atoms in total. The maximum absolute atomic E-state index is 5.82. The minimum absolute atomic E-state index is 0.301. The zero-order valence-electron chi connectivity index (χ0n) is 8.39. The van der Waals surface area contributed by atoms with E-state index in [1.807, 2.05) is 11.7 Å². The van der Waals surface area contributed by atoms with E-state index in [0.29, 0.717) is 12.2 Å². The van der Waals surface area contributed by atoms with Crippen molar-refractivity contribution >= 4 is 0 Å². The fraction of sp³-hybridized carbons (Fsp3) is 0.778. The van der Waals surface area contributed by atoms with E-state index in [2.05, 4.69) is 15.4 Å². The Balaban J connectivity index is 1.79. The van der Waals surface area contributed by atoms with Crippen LogP contribution < -0.4 is 5.32 Å². The molecule has 0 spiro atoms. The summed E-state index contributed by atoms with van der Waals surface area (Å²) in [7, 11) is 1.95. The lowest BCUT2D eigenvalue weighted by Gasteiger charge is -2.12. The average Bonchev–Trinajstić information content (AvgIpc) is 2.79. The van der Waals surface area contributed by atoms with E-state index < -0.39 is 0 Å². The maximum atomic E-state index is 5.82. The Morgan fingerprint density at radius 1 is 1.50 bits per heavy atom. The number of likely N-dealkylation sites (N-methyl/N-ethyl adjacent to an activating group) is 1. The smallest absolute Gasteiger partial charge is 0.137 e. The fourth-order valence-electron chi connectivity index (χ4n) is 1.83. The quantitative estimate of drug-likeness (QED) is 0.739. The Labute approximate surface area is 83.5 Å². The second-order valence-electron chi connectivity index (χ2n) is 3.63. The van der Waals surface area contributed by atoms with Crippen LogP contribution in [0.15, 0.2) is 12.7 Å². The highest BCUT2D eigenvalue weighted by Crippen LogP contribution is 2.19. The molecule has 2 atom stereocenters. The van der Waals surface area contributed by atoms with Gasteiger partial charge in [-0.1, -0.05) is 0 Å². The molecule has 0 aliphatic carbocycles. The molecule has 14 heavy (non-hydrogen) atoms. The van der Waals surface area contributed by atoms with Crippen LogP contribution in [0, 0.1) is 0 Å². The van der Waals surface area contributed by atoms with Crippen molar-refractivity contribution in [1.82, 2.24) is 20.1 Å². The van der Waals surface area contributed by atoms with Crippen molar-refractivity contribution < 1.29 is 4.74 Å². The molecule has 0 bridgehead atoms. The monoisotopic (exact) mass is 196 g/mol. The van der Waals surface area contributed by atoms with E-state index in [1.165, 1.54) is 0 Å². The molecule has 2 heterocycles. The van der Waals surface area contributed by atoms with Crippen molar-refractivity contribution in [1.29, 1.82) is 0 Å². The maximum Gasteiger partial charge on any atom is 0.137 e. The van der Waals surface area contributed by atoms with Gasteiger partial charge in [-0.05, 0) is 19.9 Å². The molecule has 1 aliphatic rings. The average molecular weight is 196 g/mol. The molecule has 1 N–H and O–H groups in total. The molecule has 1 saturated heterocycles. The molecule has 5 heteroatoms. The van der Waals surface area contributed by atoms with Crippen molar-refractivity contribution in [3.05, 3.63) is 12.7 Å². The predicted molar refractivity (Wildman–Crippen MR) is 51.8 cm³/mol. The van der Waals surface area contributed by atoms with E-state index in [1.54, 1.807) is 12.7 Å². The topological polar surface area (TPSA) is 52.0 Å². The lowest BCUT2D eigenvalue weighted by Crippen LogP contribution is -2.25. The summed E-state index contributed by atoms with van der Waals surface area (Å²) >= 11 is 0. The molecule has 0 saturated carbocycles. The molecule has 1 fully saturated rings. The van der Waals surface area contributed by atoms with Crippen LogP contribution in [0.3, 0.4) is 0 Å². The normalized spacial score (nSPS) is 26.9. The molecule has 0 aromatic carbocycles. The SMILES string of the molecule is CNCC1CCC(Cn2cncn2)O1. The van der Waals surface area contributed by atoms with Gasteiger partial charge in [-0.3, -0.25) is 4.68 Å². The van der Waals surface area contributed by atoms with Crippen LogP contribution in [0.1, 0.15) is 12.8 Å². The van der Waals surface area contributed by atoms with Crippen LogP contribution in [-0.4, -0.2) is 40.6 Å². The number of hydrogen-bond acceptors (Lipinski definition) is 4. The highest BCUT2D eigenvalue weighted by atomic mass is 16.5. The first-order chi connectivity index (χ1) is 6.88. The van der Waals surface area contributed by atoms with Gasteiger partial charge in [0.15, 0.2) is 0 Å². The van der Waals surface area contributed by atoms with E-state index in [4.69, 9.17) is 4.74 Å². The van der Waals surface area contributed by atoms with E-state index in [-0.39, 0.29) is 0 Å². The highest BCUT2D eigenvalue weighted by Gasteiger charge is 2.24. The van der Waals surface area contributed by atoms with Gasteiger partial charge in [0.2, 0.25) is 0 Å². The molecule has 2 unspecified atom stereocenters. The van der Waals surface area contributed by atoms with Crippen molar-refractivity contribution in [3.63, 3.8) is 0 Å². The third kappa shape index (κ3) is 2.30. The van der Waals surface area contributed by atoms with Gasteiger partial charge in [-0.2, -0.15) is 5.10 Å². The van der Waals surface area contributed by atoms with Crippen LogP contribution in [-0.2, 0) is 11.3 Å². The Bertz CT molecular complexity index is 262. The Morgan fingerprint density at radius 2 is 2.36 bits per heavy atom. The number of rotatable bonds is 4. The van der Waals surface area contributed by atoms with Crippen LogP contribution in [0.5, 0.6) is 0 Å². The number of aromatic nitrogens is 3. The summed E-state index contributed by atoms with van der Waals surface area (Å²) in [6.45, 7) is 1.76. The predicted octanol–water partition coefficient (Wildman–Crippen LogP) is 0.0451. The molecule has 78 valence electrons. The van der Waals surface area contributed by atoms with Crippen molar-refractivity contribution in [2.24, 2.45) is 0 Å². The number of nitrogens with zero attached hydrogens (tertiary/aromatic N) is 3. The molecular weight excluding hydrogens is 180 g/mol. The third-order valence-electron chi connectivity index (χ3n) is 2.48. The Kier molecular flexibility index (Phi) is 3.10. The van der Waals surface area contributed by atoms with Crippen molar-refractivity contribution in [3.8, 4) is 0 Å². The van der Waals surface area contributed by atoms with Crippen molar-refractivity contribution in [2.45, 2.75) is 31.6 Å². The largest absolute Gasteiger partial charge is 0.372 e. The molecule has 2 rings (SSSR count). The first kappa shape index (κ1) is 9.61. The van der Waals surface area contributed by atoms with Gasteiger partial charge in [0, 0.05) is 6.54 Å². The van der Waals surface area contributed by atoms with Crippen molar-refractivity contribution in [2.75, 3.05) is 13.6 Å². The summed E-state index contributed by atoms with van der Waals surface area (Å²) in [6.07, 6.45) is 6.21. The summed E-state index contributed by atoms with van der Waals surface area (Å²) in [5.41, 5.74) is 0. The number of ether oxygens (including phenoxy) is 1.